The summed E-state index contributed by atoms with van der Waals surface area (Å²) in [7, 11) is 0. The molecule has 2 aliphatic rings. The molecule has 136 valence electrons. The van der Waals surface area contributed by atoms with Gasteiger partial charge in [-0.15, -0.1) is 0 Å². The molecule has 0 bridgehead atoms. The predicted molar refractivity (Wildman–Crippen MR) is 118 cm³/mol. The molecule has 0 spiro atoms. The van der Waals surface area contributed by atoms with Crippen molar-refractivity contribution in [3.05, 3.63) is 107 Å². The third kappa shape index (κ3) is 4.06. The number of benzene rings is 2. The Kier molecular flexibility index (Phi) is 5.53. The van der Waals surface area contributed by atoms with Crippen molar-refractivity contribution >= 4 is 11.1 Å². The van der Waals surface area contributed by atoms with E-state index in [2.05, 4.69) is 91.9 Å². The van der Waals surface area contributed by atoms with Gasteiger partial charge in [0.05, 0.1) is 0 Å². The summed E-state index contributed by atoms with van der Waals surface area (Å²) in [5.74, 6) is 0.458. The first-order valence-electron chi connectivity index (χ1n) is 10.3. The van der Waals surface area contributed by atoms with Crippen molar-refractivity contribution < 1.29 is 0 Å². The van der Waals surface area contributed by atoms with Crippen LogP contribution in [0, 0.1) is 0 Å². The van der Waals surface area contributed by atoms with Crippen LogP contribution in [0.15, 0.2) is 85.0 Å². The molecule has 0 nitrogen and oxygen atoms in total. The smallest absolute Gasteiger partial charge is 0.00867 e. The lowest BCUT2D eigenvalue weighted by atomic mass is 9.87. The third-order valence-corrected chi connectivity index (χ3v) is 5.69. The highest BCUT2D eigenvalue weighted by molar-refractivity contribution is 5.75. The number of hydrogen-bond acceptors (Lipinski definition) is 0. The van der Waals surface area contributed by atoms with Crippen molar-refractivity contribution in [2.75, 3.05) is 0 Å². The van der Waals surface area contributed by atoms with Crippen LogP contribution in [-0.4, -0.2) is 0 Å². The van der Waals surface area contributed by atoms with Crippen molar-refractivity contribution in [2.45, 2.75) is 44.9 Å². The summed E-state index contributed by atoms with van der Waals surface area (Å²) in [6, 6.07) is 18.4. The lowest BCUT2D eigenvalue weighted by Crippen LogP contribution is -2.00. The van der Waals surface area contributed by atoms with Gasteiger partial charge in [0.15, 0.2) is 0 Å². The molecular formula is C27H28. The largest absolute Gasteiger partial charge is 0.0836 e. The first kappa shape index (κ1) is 17.8. The summed E-state index contributed by atoms with van der Waals surface area (Å²) >= 11 is 0. The highest BCUT2D eigenvalue weighted by Crippen LogP contribution is 2.31. The highest BCUT2D eigenvalue weighted by Gasteiger charge is 2.13. The third-order valence-electron chi connectivity index (χ3n) is 5.69. The molecule has 0 heteroatoms. The molecule has 0 atom stereocenters. The second kappa shape index (κ2) is 8.39. The van der Waals surface area contributed by atoms with Crippen LogP contribution in [0.3, 0.4) is 0 Å². The summed E-state index contributed by atoms with van der Waals surface area (Å²) in [6.45, 7) is 2.28. The number of hydrogen-bond donors (Lipinski definition) is 0. The van der Waals surface area contributed by atoms with Crippen LogP contribution >= 0.6 is 0 Å². The van der Waals surface area contributed by atoms with Gasteiger partial charge in [-0.3, -0.25) is 0 Å². The fourth-order valence-corrected chi connectivity index (χ4v) is 4.13. The first-order valence-corrected chi connectivity index (χ1v) is 10.3. The fraction of sp³-hybridized carbons (Fsp3) is 0.259. The van der Waals surface area contributed by atoms with Crippen molar-refractivity contribution in [1.29, 1.82) is 0 Å². The van der Waals surface area contributed by atoms with Crippen LogP contribution in [0.5, 0.6) is 0 Å². The van der Waals surface area contributed by atoms with E-state index in [0.29, 0.717) is 5.92 Å². The van der Waals surface area contributed by atoms with E-state index in [1.54, 1.807) is 0 Å². The molecule has 4 rings (SSSR count). The Morgan fingerprint density at radius 2 is 1.07 bits per heavy atom. The molecule has 0 saturated carbocycles. The first-order chi connectivity index (χ1) is 13.3. The van der Waals surface area contributed by atoms with Crippen LogP contribution in [0.4, 0.5) is 0 Å². The predicted octanol–water partition coefficient (Wildman–Crippen LogP) is 7.70. The Morgan fingerprint density at radius 3 is 1.41 bits per heavy atom. The Morgan fingerprint density at radius 1 is 0.630 bits per heavy atom. The van der Waals surface area contributed by atoms with E-state index in [1.807, 2.05) is 0 Å². The summed E-state index contributed by atoms with van der Waals surface area (Å²) in [6.07, 6.45) is 19.5. The van der Waals surface area contributed by atoms with E-state index in [1.165, 1.54) is 46.2 Å². The monoisotopic (exact) mass is 352 g/mol. The van der Waals surface area contributed by atoms with Crippen LogP contribution in [-0.2, 0) is 0 Å². The van der Waals surface area contributed by atoms with Gasteiger partial charge in [0.25, 0.3) is 0 Å². The molecule has 0 saturated heterocycles. The minimum atomic E-state index is 0.458. The van der Waals surface area contributed by atoms with E-state index < -0.39 is 0 Å². The van der Waals surface area contributed by atoms with Crippen LogP contribution in [0.25, 0.3) is 11.1 Å². The lowest BCUT2D eigenvalue weighted by Gasteiger charge is -2.18. The van der Waals surface area contributed by atoms with Gasteiger partial charge in [-0.05, 0) is 65.5 Å². The maximum absolute atomic E-state index is 2.35. The second-order valence-electron chi connectivity index (χ2n) is 7.48. The van der Waals surface area contributed by atoms with E-state index in [0.717, 1.165) is 19.3 Å². The van der Waals surface area contributed by atoms with Gasteiger partial charge >= 0.3 is 0 Å². The van der Waals surface area contributed by atoms with Crippen LogP contribution in [0.1, 0.15) is 67.2 Å². The minimum Gasteiger partial charge on any atom is -0.0836 e. The molecular weight excluding hydrogens is 324 g/mol. The highest BCUT2D eigenvalue weighted by atomic mass is 14.2. The number of allylic oxidation sites excluding steroid dienone is 8. The Bertz CT molecular complexity index is 811. The summed E-state index contributed by atoms with van der Waals surface area (Å²) in [5, 5.41) is 0. The van der Waals surface area contributed by atoms with Crippen molar-refractivity contribution in [3.8, 4) is 0 Å². The van der Waals surface area contributed by atoms with E-state index >= 15 is 0 Å². The molecule has 2 aromatic rings. The standard InChI is InChI=1S/C27H28/c1-2-27(25-17-13-23(14-18-25)21-9-5-3-6-10-21)26-19-15-24(16-20-26)22-11-7-4-8-12-22/h5,7,9-20,27H,2-4,6,8H2,1H3. The second-order valence-corrected chi connectivity index (χ2v) is 7.48. The van der Waals surface area contributed by atoms with E-state index in [-0.39, 0.29) is 0 Å². The maximum Gasteiger partial charge on any atom is 0.00867 e. The van der Waals surface area contributed by atoms with Crippen molar-refractivity contribution in [3.63, 3.8) is 0 Å². The van der Waals surface area contributed by atoms with Crippen molar-refractivity contribution in [1.82, 2.24) is 0 Å². The zero-order chi connectivity index (χ0) is 18.5. The summed E-state index contributed by atoms with van der Waals surface area (Å²) in [4.78, 5) is 0. The van der Waals surface area contributed by atoms with Gasteiger partial charge in [-0.2, -0.15) is 0 Å². The van der Waals surface area contributed by atoms with Gasteiger partial charge in [0.2, 0.25) is 0 Å². The average molecular weight is 353 g/mol. The number of rotatable bonds is 5. The van der Waals surface area contributed by atoms with Crippen molar-refractivity contribution in [2.24, 2.45) is 0 Å². The molecule has 0 aliphatic heterocycles. The lowest BCUT2D eigenvalue weighted by molar-refractivity contribution is 0.777. The minimum absolute atomic E-state index is 0.458. The Hall–Kier alpha value is -2.60. The van der Waals surface area contributed by atoms with Gasteiger partial charge in [-0.25, -0.2) is 0 Å². The average Bonchev–Trinajstić information content (AvgIpc) is 2.76. The molecule has 0 heterocycles. The molecule has 0 N–H and O–H groups in total. The van der Waals surface area contributed by atoms with Gasteiger partial charge < -0.3 is 0 Å². The SMILES string of the molecule is CCC(c1ccc(C2=CCCC=C2)cc1)c1ccc(C2=CCCC=C2)cc1. The molecule has 0 unspecified atom stereocenters. The molecule has 2 aromatic carbocycles. The van der Waals surface area contributed by atoms with E-state index in [9.17, 15) is 0 Å². The summed E-state index contributed by atoms with van der Waals surface area (Å²) < 4.78 is 0. The van der Waals surface area contributed by atoms with Crippen LogP contribution in [0.2, 0.25) is 0 Å². The fourth-order valence-electron chi connectivity index (χ4n) is 4.13. The molecule has 0 fully saturated rings. The quantitative estimate of drug-likeness (QED) is 0.517. The molecule has 0 radical (unpaired) electrons. The maximum atomic E-state index is 2.35. The van der Waals surface area contributed by atoms with Gasteiger partial charge in [-0.1, -0.05) is 91.9 Å². The molecule has 0 amide bonds. The van der Waals surface area contributed by atoms with Gasteiger partial charge in [0.1, 0.15) is 0 Å². The topological polar surface area (TPSA) is 0 Å². The summed E-state index contributed by atoms with van der Waals surface area (Å²) in [5.41, 5.74) is 8.20. The molecule has 0 aromatic heterocycles. The Labute approximate surface area is 163 Å². The Balaban J connectivity index is 1.54. The molecule has 27 heavy (non-hydrogen) atoms. The molecule has 2 aliphatic carbocycles. The zero-order valence-corrected chi connectivity index (χ0v) is 16.2. The zero-order valence-electron chi connectivity index (χ0n) is 16.2. The van der Waals surface area contributed by atoms with Gasteiger partial charge in [0, 0.05) is 5.92 Å². The van der Waals surface area contributed by atoms with E-state index in [4.69, 9.17) is 0 Å². The normalized spacial score (nSPS) is 16.4. The van der Waals surface area contributed by atoms with Crippen LogP contribution < -0.4 is 0 Å².